The molecule has 1 aliphatic heterocycles. The normalized spacial score (nSPS) is 22.2. The van der Waals surface area contributed by atoms with Gasteiger partial charge in [0.25, 0.3) is 5.56 Å². The zero-order chi connectivity index (χ0) is 11.0. The molecule has 86 valence electrons. The molecule has 0 bridgehead atoms. The Bertz CT molecular complexity index is 430. The molecule has 0 spiro atoms. The molecule has 1 aromatic rings. The first-order valence-electron chi connectivity index (χ1n) is 6.15. The van der Waals surface area contributed by atoms with Crippen molar-refractivity contribution in [2.24, 2.45) is 0 Å². The van der Waals surface area contributed by atoms with Crippen LogP contribution in [0.4, 0.5) is 0 Å². The first-order chi connectivity index (χ1) is 7.83. The summed E-state index contributed by atoms with van der Waals surface area (Å²) in [6, 6.07) is 1.68. The van der Waals surface area contributed by atoms with Gasteiger partial charge in [-0.25, -0.2) is 4.98 Å². The van der Waals surface area contributed by atoms with Crippen LogP contribution >= 0.6 is 0 Å². The fraction of sp³-hybridized carbons (Fsp3) is 0.667. The fourth-order valence-electron chi connectivity index (χ4n) is 2.37. The van der Waals surface area contributed by atoms with E-state index in [9.17, 15) is 4.79 Å². The predicted octanol–water partition coefficient (Wildman–Crippen LogP) is 1.11. The Balaban J connectivity index is 1.89. The zero-order valence-electron chi connectivity index (χ0n) is 9.33. The van der Waals surface area contributed by atoms with Crippen LogP contribution in [0.2, 0.25) is 0 Å². The summed E-state index contributed by atoms with van der Waals surface area (Å²) in [7, 11) is 0. The van der Waals surface area contributed by atoms with Crippen LogP contribution < -0.4 is 10.9 Å². The Morgan fingerprint density at radius 2 is 1.88 bits per heavy atom. The number of nitrogens with one attached hydrogen (secondary N) is 2. The summed E-state index contributed by atoms with van der Waals surface area (Å²) in [6.45, 7) is 2.08. The summed E-state index contributed by atoms with van der Waals surface area (Å²) < 4.78 is 0. The summed E-state index contributed by atoms with van der Waals surface area (Å²) in [5, 5.41) is 3.34. The van der Waals surface area contributed by atoms with E-state index in [0.29, 0.717) is 11.8 Å². The Morgan fingerprint density at radius 1 is 1.12 bits per heavy atom. The topological polar surface area (TPSA) is 57.8 Å². The van der Waals surface area contributed by atoms with E-state index in [4.69, 9.17) is 0 Å². The van der Waals surface area contributed by atoms with E-state index in [-0.39, 0.29) is 5.56 Å². The maximum absolute atomic E-state index is 11.6. The van der Waals surface area contributed by atoms with Gasteiger partial charge in [0.05, 0.1) is 5.69 Å². The van der Waals surface area contributed by atoms with Gasteiger partial charge in [-0.1, -0.05) is 0 Å². The van der Waals surface area contributed by atoms with Gasteiger partial charge in [0.15, 0.2) is 0 Å². The Labute approximate surface area is 94.5 Å². The molecule has 4 heteroatoms. The first kappa shape index (κ1) is 10.0. The molecule has 2 N–H and O–H groups in total. The van der Waals surface area contributed by atoms with Gasteiger partial charge in [-0.3, -0.25) is 4.79 Å². The number of H-pyrrole nitrogens is 1. The Kier molecular flexibility index (Phi) is 2.52. The molecule has 1 aromatic heterocycles. The van der Waals surface area contributed by atoms with Crippen molar-refractivity contribution in [2.75, 3.05) is 13.1 Å². The molecule has 2 fully saturated rings. The number of rotatable bonds is 2. The standard InChI is InChI=1S/C12H17N3O/c16-11-7-10(8-3-5-13-6-4-8)14-12(15-11)9-1-2-9/h7-9,13H,1-6H2,(H,14,15,16). The Hall–Kier alpha value is -1.16. The highest BCUT2D eigenvalue weighted by Gasteiger charge is 2.27. The van der Waals surface area contributed by atoms with Crippen LogP contribution in [-0.4, -0.2) is 23.1 Å². The Morgan fingerprint density at radius 3 is 2.56 bits per heavy atom. The van der Waals surface area contributed by atoms with Crippen molar-refractivity contribution in [1.82, 2.24) is 15.3 Å². The lowest BCUT2D eigenvalue weighted by atomic mass is 9.94. The van der Waals surface area contributed by atoms with E-state index in [2.05, 4.69) is 15.3 Å². The van der Waals surface area contributed by atoms with Gasteiger partial charge in [0, 0.05) is 17.9 Å². The number of nitrogens with zero attached hydrogens (tertiary/aromatic N) is 1. The SMILES string of the molecule is O=c1cc(C2CCNCC2)nc(C2CC2)[nH]1. The second-order valence-electron chi connectivity index (χ2n) is 4.85. The third-order valence-electron chi connectivity index (χ3n) is 3.50. The molecule has 16 heavy (non-hydrogen) atoms. The number of aromatic nitrogens is 2. The van der Waals surface area contributed by atoms with Crippen LogP contribution in [0.5, 0.6) is 0 Å². The summed E-state index contributed by atoms with van der Waals surface area (Å²) in [5.74, 6) is 1.91. The van der Waals surface area contributed by atoms with Crippen molar-refractivity contribution >= 4 is 0 Å². The highest BCUT2D eigenvalue weighted by molar-refractivity contribution is 5.14. The minimum Gasteiger partial charge on any atom is -0.317 e. The van der Waals surface area contributed by atoms with Crippen molar-refractivity contribution in [3.8, 4) is 0 Å². The van der Waals surface area contributed by atoms with Gasteiger partial charge < -0.3 is 10.3 Å². The number of hydrogen-bond acceptors (Lipinski definition) is 3. The van der Waals surface area contributed by atoms with Crippen LogP contribution in [0.1, 0.15) is 49.0 Å². The van der Waals surface area contributed by atoms with E-state index in [1.807, 2.05) is 0 Å². The third-order valence-corrected chi connectivity index (χ3v) is 3.50. The van der Waals surface area contributed by atoms with E-state index in [0.717, 1.165) is 37.4 Å². The third kappa shape index (κ3) is 2.02. The molecule has 0 aromatic carbocycles. The van der Waals surface area contributed by atoms with E-state index >= 15 is 0 Å². The molecule has 2 aliphatic rings. The zero-order valence-corrected chi connectivity index (χ0v) is 9.33. The van der Waals surface area contributed by atoms with Crippen molar-refractivity contribution in [3.63, 3.8) is 0 Å². The highest BCUT2D eigenvalue weighted by atomic mass is 16.1. The quantitative estimate of drug-likeness (QED) is 0.783. The molecule has 0 radical (unpaired) electrons. The van der Waals surface area contributed by atoms with Crippen LogP contribution in [0, 0.1) is 0 Å². The second kappa shape index (κ2) is 4.01. The van der Waals surface area contributed by atoms with Crippen molar-refractivity contribution < 1.29 is 0 Å². The van der Waals surface area contributed by atoms with Crippen molar-refractivity contribution in [1.29, 1.82) is 0 Å². The van der Waals surface area contributed by atoms with Gasteiger partial charge in [-0.05, 0) is 38.8 Å². The predicted molar refractivity (Wildman–Crippen MR) is 61.7 cm³/mol. The van der Waals surface area contributed by atoms with Crippen LogP contribution in [-0.2, 0) is 0 Å². The maximum atomic E-state index is 11.6. The van der Waals surface area contributed by atoms with Gasteiger partial charge in [0.1, 0.15) is 5.82 Å². The van der Waals surface area contributed by atoms with E-state index in [1.165, 1.54) is 12.8 Å². The molecule has 4 nitrogen and oxygen atoms in total. The average Bonchev–Trinajstić information content (AvgIpc) is 3.13. The lowest BCUT2D eigenvalue weighted by Crippen LogP contribution is -2.28. The summed E-state index contributed by atoms with van der Waals surface area (Å²) in [4.78, 5) is 19.1. The number of hydrogen-bond donors (Lipinski definition) is 2. The lowest BCUT2D eigenvalue weighted by molar-refractivity contribution is 0.451. The van der Waals surface area contributed by atoms with Crippen LogP contribution in [0.25, 0.3) is 0 Å². The first-order valence-corrected chi connectivity index (χ1v) is 6.15. The van der Waals surface area contributed by atoms with Crippen LogP contribution in [0.3, 0.4) is 0 Å². The summed E-state index contributed by atoms with van der Waals surface area (Å²) in [5.41, 5.74) is 1.03. The molecule has 3 rings (SSSR count). The summed E-state index contributed by atoms with van der Waals surface area (Å²) >= 11 is 0. The van der Waals surface area contributed by atoms with Crippen LogP contribution in [0.15, 0.2) is 10.9 Å². The number of piperidine rings is 1. The maximum Gasteiger partial charge on any atom is 0.251 e. The number of aromatic amines is 1. The van der Waals surface area contributed by atoms with Gasteiger partial charge >= 0.3 is 0 Å². The minimum absolute atomic E-state index is 0.0189. The van der Waals surface area contributed by atoms with Crippen molar-refractivity contribution in [3.05, 3.63) is 27.9 Å². The summed E-state index contributed by atoms with van der Waals surface area (Å²) in [6.07, 6.45) is 4.55. The molecule has 0 atom stereocenters. The molecule has 1 saturated carbocycles. The lowest BCUT2D eigenvalue weighted by Gasteiger charge is -2.22. The fourth-order valence-corrected chi connectivity index (χ4v) is 2.37. The van der Waals surface area contributed by atoms with Gasteiger partial charge in [-0.2, -0.15) is 0 Å². The molecule has 0 unspecified atom stereocenters. The smallest absolute Gasteiger partial charge is 0.251 e. The van der Waals surface area contributed by atoms with Gasteiger partial charge in [-0.15, -0.1) is 0 Å². The van der Waals surface area contributed by atoms with E-state index < -0.39 is 0 Å². The molecule has 1 saturated heterocycles. The molecular weight excluding hydrogens is 202 g/mol. The largest absolute Gasteiger partial charge is 0.317 e. The van der Waals surface area contributed by atoms with Gasteiger partial charge in [0.2, 0.25) is 0 Å². The van der Waals surface area contributed by atoms with Crippen molar-refractivity contribution in [2.45, 2.75) is 37.5 Å². The molecular formula is C12H17N3O. The highest BCUT2D eigenvalue weighted by Crippen LogP contribution is 2.38. The second-order valence-corrected chi connectivity index (χ2v) is 4.85. The molecule has 0 amide bonds. The molecule has 2 heterocycles. The monoisotopic (exact) mass is 219 g/mol. The van der Waals surface area contributed by atoms with E-state index in [1.54, 1.807) is 6.07 Å². The molecule has 1 aliphatic carbocycles. The minimum atomic E-state index is 0.0189. The average molecular weight is 219 g/mol.